The molecule has 0 aliphatic heterocycles. The second kappa shape index (κ2) is 6.88. The van der Waals surface area contributed by atoms with E-state index in [9.17, 15) is 4.79 Å². The number of hydrogen-bond acceptors (Lipinski definition) is 3. The zero-order chi connectivity index (χ0) is 15.2. The van der Waals surface area contributed by atoms with E-state index in [1.165, 1.54) is 0 Å². The Bertz CT molecular complexity index is 604. The third-order valence-electron chi connectivity index (χ3n) is 3.41. The highest BCUT2D eigenvalue weighted by Crippen LogP contribution is 2.15. The normalized spacial score (nSPS) is 10.2. The average Bonchev–Trinajstić information content (AvgIpc) is 2.51. The Kier molecular flexibility index (Phi) is 4.93. The molecule has 0 saturated heterocycles. The van der Waals surface area contributed by atoms with Crippen LogP contribution in [-0.4, -0.2) is 24.0 Å². The Morgan fingerprint density at radius 2 is 1.81 bits per heavy atom. The SMILES string of the molecule is CCN(CC)c1ccnc(C(=O)Nc2ccc(C)cc2)c1. The van der Waals surface area contributed by atoms with E-state index in [-0.39, 0.29) is 5.91 Å². The van der Waals surface area contributed by atoms with E-state index in [0.29, 0.717) is 5.69 Å². The Morgan fingerprint density at radius 1 is 1.14 bits per heavy atom. The number of anilines is 2. The molecule has 1 aromatic heterocycles. The summed E-state index contributed by atoms with van der Waals surface area (Å²) in [6.07, 6.45) is 1.68. The van der Waals surface area contributed by atoms with Gasteiger partial charge in [0, 0.05) is 30.7 Å². The van der Waals surface area contributed by atoms with E-state index in [0.717, 1.165) is 30.0 Å². The first-order valence-corrected chi connectivity index (χ1v) is 7.23. The number of benzene rings is 1. The van der Waals surface area contributed by atoms with Crippen molar-refractivity contribution in [2.24, 2.45) is 0 Å². The monoisotopic (exact) mass is 283 g/mol. The fourth-order valence-corrected chi connectivity index (χ4v) is 2.16. The van der Waals surface area contributed by atoms with Crippen LogP contribution < -0.4 is 10.2 Å². The molecule has 0 unspecified atom stereocenters. The van der Waals surface area contributed by atoms with Gasteiger partial charge in [0.25, 0.3) is 5.91 Å². The van der Waals surface area contributed by atoms with Gasteiger partial charge in [-0.2, -0.15) is 0 Å². The Morgan fingerprint density at radius 3 is 2.43 bits per heavy atom. The van der Waals surface area contributed by atoms with Crippen molar-refractivity contribution in [3.63, 3.8) is 0 Å². The summed E-state index contributed by atoms with van der Waals surface area (Å²) < 4.78 is 0. The van der Waals surface area contributed by atoms with Gasteiger partial charge in [0.05, 0.1) is 0 Å². The smallest absolute Gasteiger partial charge is 0.274 e. The maximum atomic E-state index is 12.3. The highest BCUT2D eigenvalue weighted by Gasteiger charge is 2.10. The average molecular weight is 283 g/mol. The van der Waals surface area contributed by atoms with Gasteiger partial charge in [-0.15, -0.1) is 0 Å². The Hall–Kier alpha value is -2.36. The molecule has 1 heterocycles. The van der Waals surface area contributed by atoms with E-state index in [1.54, 1.807) is 6.20 Å². The molecule has 1 aromatic carbocycles. The molecular weight excluding hydrogens is 262 g/mol. The van der Waals surface area contributed by atoms with E-state index in [1.807, 2.05) is 43.3 Å². The third-order valence-corrected chi connectivity index (χ3v) is 3.41. The van der Waals surface area contributed by atoms with Crippen LogP contribution in [0.3, 0.4) is 0 Å². The lowest BCUT2D eigenvalue weighted by molar-refractivity contribution is 0.102. The van der Waals surface area contributed by atoms with Gasteiger partial charge in [-0.05, 0) is 45.0 Å². The number of rotatable bonds is 5. The van der Waals surface area contributed by atoms with E-state index >= 15 is 0 Å². The molecule has 4 heteroatoms. The first-order valence-electron chi connectivity index (χ1n) is 7.23. The molecule has 2 rings (SSSR count). The maximum absolute atomic E-state index is 12.3. The first-order chi connectivity index (χ1) is 10.1. The van der Waals surface area contributed by atoms with Crippen molar-refractivity contribution < 1.29 is 4.79 Å². The lowest BCUT2D eigenvalue weighted by Crippen LogP contribution is -2.22. The fourth-order valence-electron chi connectivity index (χ4n) is 2.16. The number of nitrogens with zero attached hydrogens (tertiary/aromatic N) is 2. The molecule has 4 nitrogen and oxygen atoms in total. The number of carbonyl (C=O) groups is 1. The van der Waals surface area contributed by atoms with Crippen molar-refractivity contribution in [1.29, 1.82) is 0 Å². The topological polar surface area (TPSA) is 45.2 Å². The van der Waals surface area contributed by atoms with Gasteiger partial charge < -0.3 is 10.2 Å². The minimum atomic E-state index is -0.187. The van der Waals surface area contributed by atoms with E-state index in [4.69, 9.17) is 0 Å². The van der Waals surface area contributed by atoms with Crippen LogP contribution in [0, 0.1) is 6.92 Å². The zero-order valence-corrected chi connectivity index (χ0v) is 12.8. The maximum Gasteiger partial charge on any atom is 0.274 e. The van der Waals surface area contributed by atoms with Gasteiger partial charge in [0.1, 0.15) is 5.69 Å². The second-order valence-corrected chi connectivity index (χ2v) is 4.89. The predicted octanol–water partition coefficient (Wildman–Crippen LogP) is 3.49. The number of nitrogens with one attached hydrogen (secondary N) is 1. The Labute approximate surface area is 125 Å². The number of hydrogen-bond donors (Lipinski definition) is 1. The number of carbonyl (C=O) groups excluding carboxylic acids is 1. The molecule has 0 aliphatic rings. The number of pyridine rings is 1. The molecule has 0 atom stereocenters. The lowest BCUT2D eigenvalue weighted by Gasteiger charge is -2.21. The molecule has 0 spiro atoms. The molecule has 0 fully saturated rings. The third kappa shape index (κ3) is 3.81. The van der Waals surface area contributed by atoms with Crippen molar-refractivity contribution in [1.82, 2.24) is 4.98 Å². The van der Waals surface area contributed by atoms with Gasteiger partial charge in [-0.3, -0.25) is 9.78 Å². The summed E-state index contributed by atoms with van der Waals surface area (Å²) in [6, 6.07) is 11.5. The number of amides is 1. The first kappa shape index (κ1) is 15.0. The number of aromatic nitrogens is 1. The van der Waals surface area contributed by atoms with Crippen LogP contribution in [0.25, 0.3) is 0 Å². The van der Waals surface area contributed by atoms with Gasteiger partial charge in [0.15, 0.2) is 0 Å². The van der Waals surface area contributed by atoms with Gasteiger partial charge in [-0.25, -0.2) is 0 Å². The summed E-state index contributed by atoms with van der Waals surface area (Å²) in [5.41, 5.74) is 3.39. The van der Waals surface area contributed by atoms with Crippen LogP contribution in [0.4, 0.5) is 11.4 Å². The van der Waals surface area contributed by atoms with E-state index < -0.39 is 0 Å². The van der Waals surface area contributed by atoms with Gasteiger partial charge >= 0.3 is 0 Å². The highest BCUT2D eigenvalue weighted by molar-refractivity contribution is 6.03. The summed E-state index contributed by atoms with van der Waals surface area (Å²) in [5.74, 6) is -0.187. The zero-order valence-electron chi connectivity index (χ0n) is 12.8. The highest BCUT2D eigenvalue weighted by atomic mass is 16.1. The van der Waals surface area contributed by atoms with Crippen LogP contribution in [0.2, 0.25) is 0 Å². The van der Waals surface area contributed by atoms with Crippen LogP contribution >= 0.6 is 0 Å². The Balaban J connectivity index is 2.15. The quantitative estimate of drug-likeness (QED) is 0.913. The standard InChI is InChI=1S/C17H21N3O/c1-4-20(5-2)15-10-11-18-16(12-15)17(21)19-14-8-6-13(3)7-9-14/h6-12H,4-5H2,1-3H3,(H,19,21). The molecule has 0 radical (unpaired) electrons. The van der Waals surface area contributed by atoms with Crippen LogP contribution in [0.1, 0.15) is 29.9 Å². The minimum absolute atomic E-state index is 0.187. The summed E-state index contributed by atoms with van der Waals surface area (Å²) in [7, 11) is 0. The fraction of sp³-hybridized carbons (Fsp3) is 0.294. The predicted molar refractivity (Wildman–Crippen MR) is 86.9 cm³/mol. The molecule has 110 valence electrons. The van der Waals surface area contributed by atoms with Crippen molar-refractivity contribution in [3.05, 3.63) is 53.9 Å². The molecule has 1 N–H and O–H groups in total. The second-order valence-electron chi connectivity index (χ2n) is 4.89. The van der Waals surface area contributed by atoms with Crippen molar-refractivity contribution >= 4 is 17.3 Å². The van der Waals surface area contributed by atoms with Crippen LogP contribution in [0.5, 0.6) is 0 Å². The van der Waals surface area contributed by atoms with Crippen LogP contribution in [0.15, 0.2) is 42.6 Å². The molecule has 2 aromatic rings. The largest absolute Gasteiger partial charge is 0.372 e. The molecule has 0 saturated carbocycles. The summed E-state index contributed by atoms with van der Waals surface area (Å²) in [4.78, 5) is 18.6. The minimum Gasteiger partial charge on any atom is -0.372 e. The van der Waals surface area contributed by atoms with Gasteiger partial charge in [-0.1, -0.05) is 17.7 Å². The molecular formula is C17H21N3O. The number of aryl methyl sites for hydroxylation is 1. The summed E-state index contributed by atoms with van der Waals surface area (Å²) in [6.45, 7) is 8.01. The summed E-state index contributed by atoms with van der Waals surface area (Å²) >= 11 is 0. The molecule has 21 heavy (non-hydrogen) atoms. The van der Waals surface area contributed by atoms with Crippen molar-refractivity contribution in [2.75, 3.05) is 23.3 Å². The van der Waals surface area contributed by atoms with Crippen LogP contribution in [-0.2, 0) is 0 Å². The van der Waals surface area contributed by atoms with Crippen molar-refractivity contribution in [2.45, 2.75) is 20.8 Å². The molecule has 0 bridgehead atoms. The van der Waals surface area contributed by atoms with E-state index in [2.05, 4.69) is 29.0 Å². The summed E-state index contributed by atoms with van der Waals surface area (Å²) in [5, 5.41) is 2.87. The van der Waals surface area contributed by atoms with Crippen molar-refractivity contribution in [3.8, 4) is 0 Å². The lowest BCUT2D eigenvalue weighted by atomic mass is 10.2. The molecule has 0 aliphatic carbocycles. The molecule has 1 amide bonds. The van der Waals surface area contributed by atoms with Gasteiger partial charge in [0.2, 0.25) is 0 Å².